The van der Waals surface area contributed by atoms with Crippen molar-refractivity contribution in [2.75, 3.05) is 14.7 Å². The Morgan fingerprint density at radius 1 is 0.481 bits per heavy atom. The molecule has 252 valence electrons. The van der Waals surface area contributed by atoms with Gasteiger partial charge in [-0.05, 0) is 114 Å². The summed E-state index contributed by atoms with van der Waals surface area (Å²) < 4.78 is 0. The van der Waals surface area contributed by atoms with Crippen molar-refractivity contribution in [2.45, 2.75) is 40.0 Å². The van der Waals surface area contributed by atoms with Crippen molar-refractivity contribution in [3.8, 4) is 0 Å². The molecule has 52 heavy (non-hydrogen) atoms. The molecule has 0 amide bonds. The fourth-order valence-electron chi connectivity index (χ4n) is 8.32. The Morgan fingerprint density at radius 3 is 1.48 bits per heavy atom. The molecule has 0 aliphatic carbocycles. The van der Waals surface area contributed by atoms with Crippen LogP contribution in [0.2, 0.25) is 0 Å². The molecule has 0 saturated carbocycles. The number of aryl methyl sites for hydroxylation is 2. The first-order valence-corrected chi connectivity index (χ1v) is 18.3. The van der Waals surface area contributed by atoms with Gasteiger partial charge in [-0.3, -0.25) is 0 Å². The maximum Gasteiger partial charge on any atom is 0.252 e. The summed E-state index contributed by atoms with van der Waals surface area (Å²) in [5.74, 6) is 0. The molecule has 0 atom stereocenters. The molecule has 3 nitrogen and oxygen atoms in total. The maximum atomic E-state index is 2.48. The number of anilines is 9. The molecule has 2 heterocycles. The van der Waals surface area contributed by atoms with E-state index in [-0.39, 0.29) is 12.1 Å². The van der Waals surface area contributed by atoms with E-state index in [2.05, 4.69) is 213 Å². The van der Waals surface area contributed by atoms with Gasteiger partial charge in [0.15, 0.2) is 0 Å². The molecule has 0 saturated heterocycles. The smallest absolute Gasteiger partial charge is 0.252 e. The number of hydrogen-bond donors (Lipinski definition) is 0. The Kier molecular flexibility index (Phi) is 7.59. The van der Waals surface area contributed by atoms with Gasteiger partial charge in [0.25, 0.3) is 6.71 Å². The summed E-state index contributed by atoms with van der Waals surface area (Å²) >= 11 is 0. The van der Waals surface area contributed by atoms with Crippen LogP contribution in [0.25, 0.3) is 0 Å². The highest BCUT2D eigenvalue weighted by atomic mass is 15.2. The second kappa shape index (κ2) is 12.3. The number of rotatable bonds is 5. The Balaban J connectivity index is 1.39. The van der Waals surface area contributed by atoms with Gasteiger partial charge in [0.05, 0.1) is 5.69 Å². The van der Waals surface area contributed by atoms with Gasteiger partial charge in [0, 0.05) is 45.5 Å². The van der Waals surface area contributed by atoms with Gasteiger partial charge in [0.2, 0.25) is 0 Å². The highest BCUT2D eigenvalue weighted by molar-refractivity contribution is 7.00. The summed E-state index contributed by atoms with van der Waals surface area (Å²) in [4.78, 5) is 7.42. The van der Waals surface area contributed by atoms with Crippen LogP contribution < -0.4 is 31.1 Å². The lowest BCUT2D eigenvalue weighted by molar-refractivity contribution is 0.590. The molecule has 0 N–H and O–H groups in total. The van der Waals surface area contributed by atoms with E-state index in [0.717, 1.165) is 22.7 Å². The molecule has 7 aromatic rings. The maximum absolute atomic E-state index is 2.48. The van der Waals surface area contributed by atoms with E-state index >= 15 is 0 Å². The van der Waals surface area contributed by atoms with E-state index in [4.69, 9.17) is 0 Å². The average Bonchev–Trinajstić information content (AvgIpc) is 3.16. The molecular weight excluding hydrogens is 629 g/mol. The lowest BCUT2D eigenvalue weighted by atomic mass is 9.33. The minimum Gasteiger partial charge on any atom is -0.311 e. The molecule has 7 aromatic carbocycles. The third-order valence-corrected chi connectivity index (χ3v) is 10.7. The molecule has 4 heteroatoms. The third-order valence-electron chi connectivity index (χ3n) is 10.7. The van der Waals surface area contributed by atoms with Crippen LogP contribution in [-0.2, 0) is 5.41 Å². The van der Waals surface area contributed by atoms with Crippen molar-refractivity contribution in [3.05, 3.63) is 180 Å². The molecule has 0 unspecified atom stereocenters. The van der Waals surface area contributed by atoms with E-state index in [1.165, 1.54) is 61.5 Å². The number of nitrogens with zero attached hydrogens (tertiary/aromatic N) is 3. The normalized spacial score (nSPS) is 13.0. The first-order chi connectivity index (χ1) is 25.3. The fourth-order valence-corrected chi connectivity index (χ4v) is 8.32. The second-order valence-electron chi connectivity index (χ2n) is 15.2. The SMILES string of the molecule is Cc1ccc(N(c2ccc(C(C)(C)C)cc2)c2cc3c4c(c2)N(c2ccccc2)c2ccccc2B4c2ccccc2N3c2ccccc2)c(C)c1. The van der Waals surface area contributed by atoms with Gasteiger partial charge in [-0.2, -0.15) is 0 Å². The Hall–Kier alpha value is -6.00. The van der Waals surface area contributed by atoms with Crippen molar-refractivity contribution < 1.29 is 0 Å². The van der Waals surface area contributed by atoms with Gasteiger partial charge in [-0.1, -0.05) is 123 Å². The van der Waals surface area contributed by atoms with Crippen molar-refractivity contribution >= 4 is 74.3 Å². The first-order valence-electron chi connectivity index (χ1n) is 18.3. The number of para-hydroxylation sites is 4. The van der Waals surface area contributed by atoms with E-state index in [0.29, 0.717) is 0 Å². The predicted octanol–water partition coefficient (Wildman–Crippen LogP) is 11.2. The molecule has 0 fully saturated rings. The summed E-state index contributed by atoms with van der Waals surface area (Å²) in [6.07, 6.45) is 0. The van der Waals surface area contributed by atoms with Gasteiger partial charge in [-0.25, -0.2) is 0 Å². The number of fused-ring (bicyclic) bond motifs is 4. The first kappa shape index (κ1) is 31.9. The fraction of sp³-hybridized carbons (Fsp3) is 0.125. The van der Waals surface area contributed by atoms with Gasteiger partial charge < -0.3 is 14.7 Å². The minimum absolute atomic E-state index is 0.0568. The Morgan fingerprint density at radius 2 is 0.981 bits per heavy atom. The van der Waals surface area contributed by atoms with Gasteiger partial charge >= 0.3 is 0 Å². The van der Waals surface area contributed by atoms with E-state index < -0.39 is 0 Å². The molecule has 0 bridgehead atoms. The lowest BCUT2D eigenvalue weighted by Gasteiger charge is -2.45. The highest BCUT2D eigenvalue weighted by Gasteiger charge is 2.43. The van der Waals surface area contributed by atoms with E-state index in [9.17, 15) is 0 Å². The zero-order valence-corrected chi connectivity index (χ0v) is 30.5. The zero-order valence-electron chi connectivity index (χ0n) is 30.5. The van der Waals surface area contributed by atoms with Crippen molar-refractivity contribution in [1.29, 1.82) is 0 Å². The van der Waals surface area contributed by atoms with Crippen LogP contribution in [0.5, 0.6) is 0 Å². The van der Waals surface area contributed by atoms with Crippen LogP contribution in [-0.4, -0.2) is 6.71 Å². The van der Waals surface area contributed by atoms with Crippen LogP contribution in [0.3, 0.4) is 0 Å². The lowest BCUT2D eigenvalue weighted by Crippen LogP contribution is -2.61. The predicted molar refractivity (Wildman–Crippen MR) is 223 cm³/mol. The zero-order chi connectivity index (χ0) is 35.6. The number of benzene rings is 7. The van der Waals surface area contributed by atoms with Crippen molar-refractivity contribution in [3.63, 3.8) is 0 Å². The summed E-state index contributed by atoms with van der Waals surface area (Å²) in [6, 6.07) is 60.5. The summed E-state index contributed by atoms with van der Waals surface area (Å²) in [5.41, 5.74) is 18.3. The topological polar surface area (TPSA) is 9.72 Å². The van der Waals surface area contributed by atoms with E-state index in [1.54, 1.807) is 0 Å². The van der Waals surface area contributed by atoms with E-state index in [1.807, 2.05) is 0 Å². The highest BCUT2D eigenvalue weighted by Crippen LogP contribution is 2.48. The molecule has 0 aromatic heterocycles. The van der Waals surface area contributed by atoms with Gasteiger partial charge in [0.1, 0.15) is 0 Å². The minimum atomic E-state index is 0.0568. The molecule has 9 rings (SSSR count). The Labute approximate surface area is 308 Å². The second-order valence-corrected chi connectivity index (χ2v) is 15.2. The standard InChI is InChI=1S/C48H42BN3/c1-33-24-29-42(34(2)30-33)50(38-27-25-35(26-28-38)48(3,4)5)39-31-45-47-46(32-39)52(37-18-10-7-11-19-37)44-23-15-13-21-41(44)49(47)40-20-12-14-22-43(40)51(45)36-16-8-6-9-17-36/h6-32H,1-5H3. The summed E-state index contributed by atoms with van der Waals surface area (Å²) in [7, 11) is 0. The van der Waals surface area contributed by atoms with Crippen LogP contribution >= 0.6 is 0 Å². The molecule has 0 spiro atoms. The Bertz CT molecular complexity index is 2320. The van der Waals surface area contributed by atoms with Crippen LogP contribution in [0, 0.1) is 13.8 Å². The van der Waals surface area contributed by atoms with Crippen molar-refractivity contribution in [2.24, 2.45) is 0 Å². The summed E-state index contributed by atoms with van der Waals surface area (Å²) in [5, 5.41) is 0. The van der Waals surface area contributed by atoms with Crippen LogP contribution in [0.1, 0.15) is 37.5 Å². The van der Waals surface area contributed by atoms with Crippen molar-refractivity contribution in [1.82, 2.24) is 0 Å². The molecule has 0 radical (unpaired) electrons. The third kappa shape index (κ3) is 5.21. The number of hydrogen-bond acceptors (Lipinski definition) is 3. The van der Waals surface area contributed by atoms with Crippen LogP contribution in [0.15, 0.2) is 164 Å². The summed E-state index contributed by atoms with van der Waals surface area (Å²) in [6.45, 7) is 11.3. The quantitative estimate of drug-likeness (QED) is 0.169. The van der Waals surface area contributed by atoms with Gasteiger partial charge in [-0.15, -0.1) is 0 Å². The largest absolute Gasteiger partial charge is 0.311 e. The monoisotopic (exact) mass is 671 g/mol. The van der Waals surface area contributed by atoms with Crippen LogP contribution in [0.4, 0.5) is 51.2 Å². The molecular formula is C48H42BN3. The average molecular weight is 672 g/mol. The molecule has 2 aliphatic rings. The molecule has 2 aliphatic heterocycles.